The van der Waals surface area contributed by atoms with Crippen LogP contribution in [0.1, 0.15) is 54.4 Å². The molecule has 0 aliphatic heterocycles. The van der Waals surface area contributed by atoms with Gasteiger partial charge in [0, 0.05) is 29.6 Å². The SMILES string of the molecule is C=Cc1c(-c2c(C)cc3c(c2NC(=O)NSC2CC(OC4CC4)C2)CCC3)ccnc1NC. The van der Waals surface area contributed by atoms with Crippen LogP contribution in [-0.2, 0) is 17.6 Å². The van der Waals surface area contributed by atoms with Gasteiger partial charge in [-0.15, -0.1) is 0 Å². The van der Waals surface area contributed by atoms with E-state index in [0.29, 0.717) is 17.5 Å². The number of carbonyl (C=O) groups is 1. The molecule has 1 aromatic carbocycles. The fraction of sp³-hybridized carbons (Fsp3) is 0.462. The number of fused-ring (bicyclic) bond motifs is 1. The second-order valence-corrected chi connectivity index (χ2v) is 10.3. The van der Waals surface area contributed by atoms with Crippen molar-refractivity contribution in [1.29, 1.82) is 0 Å². The van der Waals surface area contributed by atoms with Crippen LogP contribution in [0.5, 0.6) is 0 Å². The summed E-state index contributed by atoms with van der Waals surface area (Å²) >= 11 is 1.52. The Morgan fingerprint density at radius 3 is 2.82 bits per heavy atom. The van der Waals surface area contributed by atoms with E-state index < -0.39 is 0 Å². The molecule has 2 saturated carbocycles. The zero-order valence-corrected chi connectivity index (χ0v) is 20.2. The van der Waals surface area contributed by atoms with Crippen molar-refractivity contribution in [3.63, 3.8) is 0 Å². The number of hydrogen-bond acceptors (Lipinski definition) is 5. The molecule has 0 atom stereocenters. The summed E-state index contributed by atoms with van der Waals surface area (Å²) in [5, 5.41) is 6.80. The van der Waals surface area contributed by atoms with Crippen molar-refractivity contribution in [2.24, 2.45) is 0 Å². The van der Waals surface area contributed by atoms with Crippen LogP contribution < -0.4 is 15.4 Å². The van der Waals surface area contributed by atoms with Crippen LogP contribution >= 0.6 is 11.9 Å². The quantitative estimate of drug-likeness (QED) is 0.436. The first-order valence-electron chi connectivity index (χ1n) is 11.9. The summed E-state index contributed by atoms with van der Waals surface area (Å²) in [7, 11) is 1.86. The lowest BCUT2D eigenvalue weighted by atomic mass is 9.90. The zero-order chi connectivity index (χ0) is 22.9. The number of carbonyl (C=O) groups excluding carboxylic acids is 1. The fourth-order valence-electron chi connectivity index (χ4n) is 4.95. The minimum atomic E-state index is -0.171. The van der Waals surface area contributed by atoms with Crippen molar-refractivity contribution < 1.29 is 9.53 Å². The van der Waals surface area contributed by atoms with E-state index in [9.17, 15) is 4.79 Å². The summed E-state index contributed by atoms with van der Waals surface area (Å²) < 4.78 is 8.97. The molecular weight excluding hydrogens is 432 g/mol. The predicted octanol–water partition coefficient (Wildman–Crippen LogP) is 5.71. The molecule has 1 aromatic heterocycles. The van der Waals surface area contributed by atoms with E-state index in [2.05, 4.69) is 39.9 Å². The molecule has 0 spiro atoms. The molecule has 1 heterocycles. The molecule has 174 valence electrons. The third-order valence-corrected chi connectivity index (χ3v) is 7.84. The molecule has 0 radical (unpaired) electrons. The Morgan fingerprint density at radius 1 is 1.27 bits per heavy atom. The van der Waals surface area contributed by atoms with Gasteiger partial charge in [-0.05, 0) is 92.1 Å². The van der Waals surface area contributed by atoms with Crippen molar-refractivity contribution >= 4 is 35.6 Å². The van der Waals surface area contributed by atoms with Gasteiger partial charge in [-0.25, -0.2) is 9.78 Å². The number of nitrogens with zero attached hydrogens (tertiary/aromatic N) is 1. The maximum absolute atomic E-state index is 13.0. The van der Waals surface area contributed by atoms with Gasteiger partial charge < -0.3 is 15.4 Å². The molecule has 2 amide bonds. The van der Waals surface area contributed by atoms with Gasteiger partial charge in [-0.1, -0.05) is 18.7 Å². The van der Waals surface area contributed by atoms with E-state index in [0.717, 1.165) is 65.9 Å². The lowest BCUT2D eigenvalue weighted by Crippen LogP contribution is -2.37. The van der Waals surface area contributed by atoms with Crippen LogP contribution in [0.15, 0.2) is 24.9 Å². The zero-order valence-electron chi connectivity index (χ0n) is 19.4. The number of ether oxygens (including phenoxy) is 1. The lowest BCUT2D eigenvalue weighted by Gasteiger charge is -2.34. The van der Waals surface area contributed by atoms with E-state index in [-0.39, 0.29) is 6.03 Å². The lowest BCUT2D eigenvalue weighted by molar-refractivity contribution is -0.00531. The Balaban J connectivity index is 1.37. The molecule has 0 saturated heterocycles. The maximum atomic E-state index is 13.0. The highest BCUT2D eigenvalue weighted by atomic mass is 32.2. The summed E-state index contributed by atoms with van der Waals surface area (Å²) in [6.07, 6.45) is 12.1. The number of anilines is 2. The second kappa shape index (κ2) is 9.39. The first-order valence-corrected chi connectivity index (χ1v) is 12.8. The first-order chi connectivity index (χ1) is 16.1. The molecule has 33 heavy (non-hydrogen) atoms. The average molecular weight is 465 g/mol. The Morgan fingerprint density at radius 2 is 2.09 bits per heavy atom. The molecule has 2 fully saturated rings. The third kappa shape index (κ3) is 4.62. The number of rotatable bonds is 8. The van der Waals surface area contributed by atoms with Gasteiger partial charge in [0.05, 0.1) is 17.9 Å². The summed E-state index contributed by atoms with van der Waals surface area (Å²) in [6, 6.07) is 4.11. The first kappa shape index (κ1) is 22.3. The van der Waals surface area contributed by atoms with Gasteiger partial charge >= 0.3 is 6.03 Å². The number of aryl methyl sites for hydroxylation is 2. The number of urea groups is 1. The Hall–Kier alpha value is -2.51. The molecular formula is C26H32N4O2S. The second-order valence-electron chi connectivity index (χ2n) is 9.23. The summed E-state index contributed by atoms with van der Waals surface area (Å²) in [5.41, 5.74) is 7.66. The van der Waals surface area contributed by atoms with Gasteiger partial charge in [0.15, 0.2) is 0 Å². The van der Waals surface area contributed by atoms with E-state index in [4.69, 9.17) is 4.74 Å². The molecule has 2 aromatic rings. The standard InChI is InChI=1S/C26H32N4O2S/c1-4-20-22(10-11-28-25(20)27-3)23-15(2)12-16-6-5-7-21(16)24(23)29-26(31)30-33-19-13-18(14-19)32-17-8-9-17/h4,10-12,17-19H,1,5-9,13-14H2,2-3H3,(H,27,28)(H2,29,30,31). The Labute approximate surface area is 200 Å². The van der Waals surface area contributed by atoms with Gasteiger partial charge in [0.25, 0.3) is 0 Å². The fourth-order valence-corrected chi connectivity index (χ4v) is 5.90. The van der Waals surface area contributed by atoms with E-state index >= 15 is 0 Å². The highest BCUT2D eigenvalue weighted by Crippen LogP contribution is 2.43. The summed E-state index contributed by atoms with van der Waals surface area (Å²) in [6.45, 7) is 6.14. The molecule has 6 nitrogen and oxygen atoms in total. The highest BCUT2D eigenvalue weighted by molar-refractivity contribution is 7.98. The van der Waals surface area contributed by atoms with Crippen LogP contribution in [0.25, 0.3) is 17.2 Å². The molecule has 0 bridgehead atoms. The number of benzene rings is 1. The Kier molecular flexibility index (Phi) is 6.34. The van der Waals surface area contributed by atoms with Crippen molar-refractivity contribution in [1.82, 2.24) is 9.71 Å². The molecule has 3 N–H and O–H groups in total. The predicted molar refractivity (Wildman–Crippen MR) is 137 cm³/mol. The van der Waals surface area contributed by atoms with Crippen LogP contribution in [0, 0.1) is 6.92 Å². The average Bonchev–Trinajstić information content (AvgIpc) is 3.49. The van der Waals surface area contributed by atoms with E-state index in [1.54, 1.807) is 6.20 Å². The molecule has 0 unspecified atom stereocenters. The van der Waals surface area contributed by atoms with Crippen LogP contribution in [-0.4, -0.2) is 35.5 Å². The largest absolute Gasteiger partial charge is 0.375 e. The van der Waals surface area contributed by atoms with E-state index in [1.807, 2.05) is 19.2 Å². The van der Waals surface area contributed by atoms with Crippen molar-refractivity contribution in [2.45, 2.75) is 69.3 Å². The summed E-state index contributed by atoms with van der Waals surface area (Å²) in [5.74, 6) is 0.779. The topological polar surface area (TPSA) is 75.3 Å². The van der Waals surface area contributed by atoms with Crippen molar-refractivity contribution in [3.05, 3.63) is 47.2 Å². The van der Waals surface area contributed by atoms with Gasteiger partial charge in [0.1, 0.15) is 5.82 Å². The molecule has 3 aliphatic rings. The van der Waals surface area contributed by atoms with E-state index in [1.165, 1.54) is 35.9 Å². The Bertz CT molecular complexity index is 1080. The number of aromatic nitrogens is 1. The molecule has 5 rings (SSSR count). The monoisotopic (exact) mass is 464 g/mol. The molecule has 7 heteroatoms. The smallest absolute Gasteiger partial charge is 0.329 e. The van der Waals surface area contributed by atoms with Gasteiger partial charge in [-0.3, -0.25) is 4.72 Å². The third-order valence-electron chi connectivity index (χ3n) is 6.82. The number of hydrogen-bond donors (Lipinski definition) is 3. The van der Waals surface area contributed by atoms with Gasteiger partial charge in [-0.2, -0.15) is 0 Å². The van der Waals surface area contributed by atoms with Crippen molar-refractivity contribution in [2.75, 3.05) is 17.7 Å². The normalized spacial score (nSPS) is 21.2. The summed E-state index contributed by atoms with van der Waals surface area (Å²) in [4.78, 5) is 17.4. The number of pyridine rings is 1. The maximum Gasteiger partial charge on any atom is 0.329 e. The minimum absolute atomic E-state index is 0.171. The molecule has 3 aliphatic carbocycles. The van der Waals surface area contributed by atoms with Crippen LogP contribution in [0.4, 0.5) is 16.3 Å². The van der Waals surface area contributed by atoms with Crippen LogP contribution in [0.3, 0.4) is 0 Å². The van der Waals surface area contributed by atoms with Gasteiger partial charge in [0.2, 0.25) is 0 Å². The van der Waals surface area contributed by atoms with Crippen LogP contribution in [0.2, 0.25) is 0 Å². The van der Waals surface area contributed by atoms with Crippen molar-refractivity contribution in [3.8, 4) is 11.1 Å². The minimum Gasteiger partial charge on any atom is -0.375 e. The number of nitrogens with one attached hydrogen (secondary N) is 3. The number of amides is 2. The highest BCUT2D eigenvalue weighted by Gasteiger charge is 2.36.